The zero-order chi connectivity index (χ0) is 18.1. The van der Waals surface area contributed by atoms with Gasteiger partial charge < -0.3 is 10.6 Å². The normalized spacial score (nSPS) is 13.4. The van der Waals surface area contributed by atoms with Gasteiger partial charge >= 0.3 is 0 Å². The quantitative estimate of drug-likeness (QED) is 0.537. The number of pyridine rings is 1. The first-order chi connectivity index (χ1) is 12.6. The van der Waals surface area contributed by atoms with Crippen molar-refractivity contribution in [2.75, 3.05) is 10.6 Å². The standard InChI is InChI=1S/C19H16N4O3/c24-19(22-15-9-12-3-1-2-4-16(12)20-11-15)13-5-8-17(21-14-6-7-14)18(10-13)23(25)26/h1-5,8-11,14,21H,6-7H2,(H,22,24). The predicted molar refractivity (Wildman–Crippen MR) is 99.4 cm³/mol. The number of nitrogens with zero attached hydrogens (tertiary/aromatic N) is 2. The third-order valence-electron chi connectivity index (χ3n) is 4.24. The molecule has 7 heteroatoms. The third kappa shape index (κ3) is 3.32. The smallest absolute Gasteiger partial charge is 0.293 e. The number of anilines is 2. The van der Waals surface area contributed by atoms with Gasteiger partial charge in [0.2, 0.25) is 0 Å². The Morgan fingerprint density at radius 1 is 1.15 bits per heavy atom. The van der Waals surface area contributed by atoms with Crippen molar-refractivity contribution in [2.24, 2.45) is 0 Å². The van der Waals surface area contributed by atoms with Crippen molar-refractivity contribution < 1.29 is 9.72 Å². The van der Waals surface area contributed by atoms with Crippen LogP contribution in [0.25, 0.3) is 10.9 Å². The van der Waals surface area contributed by atoms with Crippen molar-refractivity contribution in [3.8, 4) is 0 Å². The monoisotopic (exact) mass is 348 g/mol. The van der Waals surface area contributed by atoms with E-state index < -0.39 is 10.8 Å². The highest BCUT2D eigenvalue weighted by atomic mass is 16.6. The number of carbonyl (C=O) groups is 1. The molecule has 0 unspecified atom stereocenters. The minimum Gasteiger partial charge on any atom is -0.377 e. The molecule has 1 heterocycles. The van der Waals surface area contributed by atoms with Crippen LogP contribution >= 0.6 is 0 Å². The van der Waals surface area contributed by atoms with E-state index in [9.17, 15) is 14.9 Å². The van der Waals surface area contributed by atoms with Gasteiger partial charge in [0, 0.05) is 23.1 Å². The van der Waals surface area contributed by atoms with Gasteiger partial charge in [0.15, 0.2) is 0 Å². The van der Waals surface area contributed by atoms with Crippen molar-refractivity contribution in [3.05, 3.63) is 70.4 Å². The Labute approximate surface area is 149 Å². The highest BCUT2D eigenvalue weighted by Gasteiger charge is 2.25. The first kappa shape index (κ1) is 16.0. The maximum Gasteiger partial charge on any atom is 0.293 e. The fourth-order valence-electron chi connectivity index (χ4n) is 2.74. The van der Waals surface area contributed by atoms with Crippen molar-refractivity contribution in [3.63, 3.8) is 0 Å². The van der Waals surface area contributed by atoms with Crippen LogP contribution < -0.4 is 10.6 Å². The lowest BCUT2D eigenvalue weighted by molar-refractivity contribution is -0.384. The highest BCUT2D eigenvalue weighted by molar-refractivity contribution is 6.05. The van der Waals surface area contributed by atoms with Crippen molar-refractivity contribution in [1.29, 1.82) is 0 Å². The van der Waals surface area contributed by atoms with Crippen LogP contribution in [-0.2, 0) is 0 Å². The summed E-state index contributed by atoms with van der Waals surface area (Å²) in [6.07, 6.45) is 3.58. The number of hydrogen-bond acceptors (Lipinski definition) is 5. The number of nitro benzene ring substituents is 1. The SMILES string of the molecule is O=C(Nc1cnc2ccccc2c1)c1ccc(NC2CC2)c([N+](=O)[O-])c1. The second-order valence-corrected chi connectivity index (χ2v) is 6.28. The summed E-state index contributed by atoms with van der Waals surface area (Å²) in [5.41, 5.74) is 1.95. The Balaban J connectivity index is 1.58. The number of hydrogen-bond donors (Lipinski definition) is 2. The average Bonchev–Trinajstić information content (AvgIpc) is 3.45. The lowest BCUT2D eigenvalue weighted by Crippen LogP contribution is -2.13. The molecule has 2 N–H and O–H groups in total. The second-order valence-electron chi connectivity index (χ2n) is 6.28. The molecule has 4 rings (SSSR count). The number of nitro groups is 1. The van der Waals surface area contributed by atoms with E-state index in [4.69, 9.17) is 0 Å². The van der Waals surface area contributed by atoms with Crippen molar-refractivity contribution in [1.82, 2.24) is 4.98 Å². The topological polar surface area (TPSA) is 97.2 Å². The average molecular weight is 348 g/mol. The van der Waals surface area contributed by atoms with Crippen molar-refractivity contribution >= 4 is 33.9 Å². The van der Waals surface area contributed by atoms with Crippen LogP contribution in [-0.4, -0.2) is 21.9 Å². The fourth-order valence-corrected chi connectivity index (χ4v) is 2.74. The molecule has 1 amide bonds. The molecule has 1 saturated carbocycles. The number of para-hydroxylation sites is 1. The molecule has 3 aromatic rings. The number of carbonyl (C=O) groups excluding carboxylic acids is 1. The second kappa shape index (κ2) is 6.44. The van der Waals surface area contributed by atoms with Crippen LogP contribution in [0.15, 0.2) is 54.7 Å². The van der Waals surface area contributed by atoms with E-state index >= 15 is 0 Å². The molecule has 1 aliphatic carbocycles. The maximum absolute atomic E-state index is 12.5. The third-order valence-corrected chi connectivity index (χ3v) is 4.24. The molecule has 0 bridgehead atoms. The summed E-state index contributed by atoms with van der Waals surface area (Å²) in [7, 11) is 0. The minimum atomic E-state index is -0.473. The first-order valence-electron chi connectivity index (χ1n) is 8.31. The lowest BCUT2D eigenvalue weighted by atomic mass is 10.1. The minimum absolute atomic E-state index is 0.0961. The molecule has 7 nitrogen and oxygen atoms in total. The molecular weight excluding hydrogens is 332 g/mol. The summed E-state index contributed by atoms with van der Waals surface area (Å²) in [5.74, 6) is -0.414. The summed E-state index contributed by atoms with van der Waals surface area (Å²) in [5, 5.41) is 18.1. The van der Waals surface area contributed by atoms with Crippen LogP contribution in [0.4, 0.5) is 17.1 Å². The summed E-state index contributed by atoms with van der Waals surface area (Å²) in [4.78, 5) is 27.6. The summed E-state index contributed by atoms with van der Waals surface area (Å²) in [6, 6.07) is 14.2. The highest BCUT2D eigenvalue weighted by Crippen LogP contribution is 2.31. The van der Waals surface area contributed by atoms with Gasteiger partial charge in [-0.3, -0.25) is 19.9 Å². The molecule has 1 aromatic heterocycles. The van der Waals surface area contributed by atoms with Crippen molar-refractivity contribution in [2.45, 2.75) is 18.9 Å². The molecule has 0 radical (unpaired) electrons. The lowest BCUT2D eigenvalue weighted by Gasteiger charge is -2.09. The Hall–Kier alpha value is -3.48. The van der Waals surface area contributed by atoms with Gasteiger partial charge in [-0.1, -0.05) is 18.2 Å². The van der Waals surface area contributed by atoms with E-state index in [0.717, 1.165) is 23.7 Å². The van der Waals surface area contributed by atoms with E-state index in [-0.39, 0.29) is 17.3 Å². The maximum atomic E-state index is 12.5. The fraction of sp³-hybridized carbons (Fsp3) is 0.158. The zero-order valence-electron chi connectivity index (χ0n) is 13.8. The predicted octanol–water partition coefficient (Wildman–Crippen LogP) is 3.97. The molecule has 0 aliphatic heterocycles. The van der Waals surface area contributed by atoms with Crippen LogP contribution in [0.3, 0.4) is 0 Å². The van der Waals surface area contributed by atoms with Crippen LogP contribution in [0.1, 0.15) is 23.2 Å². The van der Waals surface area contributed by atoms with Gasteiger partial charge in [0.25, 0.3) is 11.6 Å². The van der Waals surface area contributed by atoms with E-state index in [1.54, 1.807) is 18.3 Å². The van der Waals surface area contributed by atoms with Gasteiger partial charge in [-0.25, -0.2) is 0 Å². The first-order valence-corrected chi connectivity index (χ1v) is 8.31. The van der Waals surface area contributed by atoms with Gasteiger partial charge in [-0.2, -0.15) is 0 Å². The van der Waals surface area contributed by atoms with E-state index in [1.807, 2.05) is 30.3 Å². The molecule has 0 atom stereocenters. The molecule has 0 saturated heterocycles. The largest absolute Gasteiger partial charge is 0.377 e. The molecule has 1 aliphatic rings. The molecule has 26 heavy (non-hydrogen) atoms. The number of fused-ring (bicyclic) bond motifs is 1. The summed E-state index contributed by atoms with van der Waals surface area (Å²) < 4.78 is 0. The number of benzene rings is 2. The van der Waals surface area contributed by atoms with Crippen LogP contribution in [0.5, 0.6) is 0 Å². The zero-order valence-corrected chi connectivity index (χ0v) is 13.8. The van der Waals surface area contributed by atoms with E-state index in [1.165, 1.54) is 6.07 Å². The van der Waals surface area contributed by atoms with Crippen LogP contribution in [0.2, 0.25) is 0 Å². The number of rotatable bonds is 5. The molecule has 130 valence electrons. The number of aromatic nitrogens is 1. The van der Waals surface area contributed by atoms with Gasteiger partial charge in [-0.05, 0) is 37.1 Å². The van der Waals surface area contributed by atoms with Gasteiger partial charge in [0.1, 0.15) is 5.69 Å². The summed E-state index contributed by atoms with van der Waals surface area (Å²) >= 11 is 0. The Morgan fingerprint density at radius 3 is 2.73 bits per heavy atom. The Bertz CT molecular complexity index is 1010. The Morgan fingerprint density at radius 2 is 1.96 bits per heavy atom. The number of nitrogens with one attached hydrogen (secondary N) is 2. The Kier molecular flexibility index (Phi) is 3.96. The molecular formula is C19H16N4O3. The van der Waals surface area contributed by atoms with Crippen LogP contribution in [0, 0.1) is 10.1 Å². The molecule has 0 spiro atoms. The number of amides is 1. The van der Waals surface area contributed by atoms with E-state index in [2.05, 4.69) is 15.6 Å². The van der Waals surface area contributed by atoms with E-state index in [0.29, 0.717) is 11.4 Å². The molecule has 2 aromatic carbocycles. The summed E-state index contributed by atoms with van der Waals surface area (Å²) in [6.45, 7) is 0. The van der Waals surface area contributed by atoms with Gasteiger partial charge in [-0.15, -0.1) is 0 Å². The van der Waals surface area contributed by atoms with Gasteiger partial charge in [0.05, 0.1) is 22.3 Å². The molecule has 1 fully saturated rings.